The van der Waals surface area contributed by atoms with Crippen LogP contribution in [0.3, 0.4) is 0 Å². The summed E-state index contributed by atoms with van der Waals surface area (Å²) in [7, 11) is -5.42. The van der Waals surface area contributed by atoms with Gasteiger partial charge < -0.3 is 4.43 Å². The van der Waals surface area contributed by atoms with Gasteiger partial charge in [0.25, 0.3) is 0 Å². The van der Waals surface area contributed by atoms with E-state index in [4.69, 9.17) is 4.43 Å². The number of hydrogen-bond acceptors (Lipinski definition) is 3. The summed E-state index contributed by atoms with van der Waals surface area (Å²) in [6.07, 6.45) is 4.68. The fraction of sp³-hybridized carbons (Fsp3) is 0.579. The molecule has 0 saturated carbocycles. The quantitative estimate of drug-likeness (QED) is 0.563. The van der Waals surface area contributed by atoms with E-state index in [1.165, 1.54) is 0 Å². The molecule has 1 aliphatic rings. The molecule has 1 heterocycles. The first kappa shape index (κ1) is 20.4. The molecule has 0 radical (unpaired) electrons. The van der Waals surface area contributed by atoms with Crippen LogP contribution in [0.4, 0.5) is 0 Å². The Morgan fingerprint density at radius 3 is 2.32 bits per heavy atom. The van der Waals surface area contributed by atoms with Crippen LogP contribution in [0.5, 0.6) is 0 Å². The van der Waals surface area contributed by atoms with Crippen molar-refractivity contribution in [1.29, 1.82) is 0 Å². The molecule has 1 aromatic carbocycles. The van der Waals surface area contributed by atoms with Gasteiger partial charge >= 0.3 is 0 Å². The average molecular weight is 382 g/mol. The summed E-state index contributed by atoms with van der Waals surface area (Å²) >= 11 is 0. The Bertz CT molecular complexity index is 718. The molecule has 0 amide bonds. The third-order valence-corrected chi connectivity index (χ3v) is 11.8. The van der Waals surface area contributed by atoms with Crippen LogP contribution in [0.2, 0.25) is 18.1 Å². The highest BCUT2D eigenvalue weighted by Gasteiger charge is 2.39. The number of nitrogens with zero attached hydrogens (tertiary/aromatic N) is 1. The van der Waals surface area contributed by atoms with Gasteiger partial charge in [0.1, 0.15) is 0 Å². The zero-order chi connectivity index (χ0) is 18.9. The minimum Gasteiger partial charge on any atom is -0.415 e. The van der Waals surface area contributed by atoms with Gasteiger partial charge in [0.15, 0.2) is 8.32 Å². The van der Waals surface area contributed by atoms with Crippen molar-refractivity contribution in [3.05, 3.63) is 42.0 Å². The van der Waals surface area contributed by atoms with Crippen LogP contribution in [0.25, 0.3) is 0 Å². The van der Waals surface area contributed by atoms with Gasteiger partial charge in [-0.05, 0) is 43.6 Å². The van der Waals surface area contributed by atoms with E-state index >= 15 is 0 Å². The summed E-state index contributed by atoms with van der Waals surface area (Å²) < 4.78 is 34.1. The fourth-order valence-corrected chi connectivity index (χ4v) is 5.13. The maximum atomic E-state index is 13.1. The van der Waals surface area contributed by atoms with Crippen LogP contribution in [-0.4, -0.2) is 40.2 Å². The maximum Gasteiger partial charge on any atom is 0.243 e. The molecule has 0 bridgehead atoms. The molecule has 1 aromatic rings. The Morgan fingerprint density at radius 2 is 1.76 bits per heavy atom. The molecule has 1 atom stereocenters. The number of aryl methyl sites for hydroxylation is 1. The SMILES string of the molecule is Cc1ccc(S(=O)(=O)N2CC=CCC2CO[Si](C)(C)C(C)(C)C)cc1. The standard InChI is InChI=1S/C19H31NO3SSi/c1-16-10-12-18(13-11-16)24(21,22)20-14-8-7-9-17(20)15-23-25(5,6)19(2,3)4/h7-8,10-13,17H,9,14-15H2,1-6H3. The monoisotopic (exact) mass is 381 g/mol. The zero-order valence-corrected chi connectivity index (χ0v) is 18.1. The molecule has 1 aliphatic heterocycles. The molecule has 1 unspecified atom stereocenters. The highest BCUT2D eigenvalue weighted by Crippen LogP contribution is 2.37. The van der Waals surface area contributed by atoms with Crippen LogP contribution < -0.4 is 0 Å². The van der Waals surface area contributed by atoms with Gasteiger partial charge in [0.2, 0.25) is 10.0 Å². The van der Waals surface area contributed by atoms with E-state index in [1.54, 1.807) is 16.4 Å². The molecule has 0 saturated heterocycles. The minimum absolute atomic E-state index is 0.109. The van der Waals surface area contributed by atoms with Crippen LogP contribution in [0.1, 0.15) is 32.8 Å². The summed E-state index contributed by atoms with van der Waals surface area (Å²) in [4.78, 5) is 0.353. The van der Waals surface area contributed by atoms with Gasteiger partial charge in [-0.1, -0.05) is 50.6 Å². The first-order valence-electron chi connectivity index (χ1n) is 8.82. The van der Waals surface area contributed by atoms with Crippen molar-refractivity contribution in [2.24, 2.45) is 0 Å². The number of sulfonamides is 1. The summed E-state index contributed by atoms with van der Waals surface area (Å²) in [5.74, 6) is 0. The second-order valence-corrected chi connectivity index (χ2v) is 15.0. The van der Waals surface area contributed by atoms with Crippen LogP contribution >= 0.6 is 0 Å². The van der Waals surface area contributed by atoms with Crippen molar-refractivity contribution in [2.45, 2.75) is 63.2 Å². The molecular formula is C19H31NO3SSi. The van der Waals surface area contributed by atoms with Gasteiger partial charge in [-0.15, -0.1) is 0 Å². The molecule has 6 heteroatoms. The number of rotatable bonds is 5. The lowest BCUT2D eigenvalue weighted by molar-refractivity contribution is 0.193. The number of benzene rings is 1. The van der Waals surface area contributed by atoms with Crippen LogP contribution in [0, 0.1) is 6.92 Å². The Hall–Kier alpha value is -0.953. The van der Waals surface area contributed by atoms with E-state index in [2.05, 4.69) is 39.9 Å². The second kappa shape index (κ2) is 7.35. The van der Waals surface area contributed by atoms with E-state index < -0.39 is 18.3 Å². The van der Waals surface area contributed by atoms with Crippen molar-refractivity contribution in [3.63, 3.8) is 0 Å². The molecule has 0 aromatic heterocycles. The highest BCUT2D eigenvalue weighted by molar-refractivity contribution is 7.89. The first-order chi connectivity index (χ1) is 11.4. The summed E-state index contributed by atoms with van der Waals surface area (Å²) in [6, 6.07) is 6.91. The summed E-state index contributed by atoms with van der Waals surface area (Å²) in [5, 5.41) is 0.109. The first-order valence-corrected chi connectivity index (χ1v) is 13.2. The summed E-state index contributed by atoms with van der Waals surface area (Å²) in [6.45, 7) is 13.8. The Balaban J connectivity index is 2.21. The largest absolute Gasteiger partial charge is 0.415 e. The van der Waals surface area contributed by atoms with E-state index in [0.29, 0.717) is 24.5 Å². The molecule has 0 N–H and O–H groups in total. The van der Waals surface area contributed by atoms with Crippen molar-refractivity contribution in [1.82, 2.24) is 4.31 Å². The lowest BCUT2D eigenvalue weighted by atomic mass is 10.1. The van der Waals surface area contributed by atoms with E-state index in [1.807, 2.05) is 25.1 Å². The van der Waals surface area contributed by atoms with Crippen molar-refractivity contribution >= 4 is 18.3 Å². The highest BCUT2D eigenvalue weighted by atomic mass is 32.2. The van der Waals surface area contributed by atoms with Crippen molar-refractivity contribution in [3.8, 4) is 0 Å². The van der Waals surface area contributed by atoms with Crippen molar-refractivity contribution < 1.29 is 12.8 Å². The smallest absolute Gasteiger partial charge is 0.243 e. The predicted molar refractivity (Wildman–Crippen MR) is 106 cm³/mol. The Labute approximate surface area is 154 Å². The molecule has 0 fully saturated rings. The second-order valence-electron chi connectivity index (χ2n) is 8.32. The normalized spacial score (nSPS) is 20.0. The van der Waals surface area contributed by atoms with E-state index in [-0.39, 0.29) is 11.1 Å². The maximum absolute atomic E-state index is 13.1. The molecule has 0 spiro atoms. The van der Waals surface area contributed by atoms with Gasteiger partial charge in [-0.25, -0.2) is 8.42 Å². The summed E-state index contributed by atoms with van der Waals surface area (Å²) in [5.41, 5.74) is 1.05. The Kier molecular flexibility index (Phi) is 5.98. The van der Waals surface area contributed by atoms with Crippen LogP contribution in [-0.2, 0) is 14.4 Å². The van der Waals surface area contributed by atoms with Gasteiger partial charge in [-0.3, -0.25) is 0 Å². The van der Waals surface area contributed by atoms with Gasteiger partial charge in [0, 0.05) is 6.54 Å². The predicted octanol–water partition coefficient (Wildman–Crippen LogP) is 4.34. The molecule has 0 aliphatic carbocycles. The van der Waals surface area contributed by atoms with E-state index in [0.717, 1.165) is 5.56 Å². The van der Waals surface area contributed by atoms with Gasteiger partial charge in [-0.2, -0.15) is 4.31 Å². The topological polar surface area (TPSA) is 46.6 Å². The molecular weight excluding hydrogens is 350 g/mol. The van der Waals surface area contributed by atoms with Crippen molar-refractivity contribution in [2.75, 3.05) is 13.2 Å². The lowest BCUT2D eigenvalue weighted by Crippen LogP contribution is -2.48. The molecule has 4 nitrogen and oxygen atoms in total. The van der Waals surface area contributed by atoms with E-state index in [9.17, 15) is 8.42 Å². The minimum atomic E-state index is -3.51. The average Bonchev–Trinajstić information content (AvgIpc) is 2.52. The lowest BCUT2D eigenvalue weighted by Gasteiger charge is -2.39. The van der Waals surface area contributed by atoms with Gasteiger partial charge in [0.05, 0.1) is 17.5 Å². The molecule has 140 valence electrons. The zero-order valence-electron chi connectivity index (χ0n) is 16.2. The third kappa shape index (κ3) is 4.61. The molecule has 2 rings (SSSR count). The Morgan fingerprint density at radius 1 is 1.16 bits per heavy atom. The molecule has 25 heavy (non-hydrogen) atoms. The number of hydrogen-bond donors (Lipinski definition) is 0. The third-order valence-electron chi connectivity index (χ3n) is 5.34. The fourth-order valence-electron chi connectivity index (χ4n) is 2.51. The van der Waals surface area contributed by atoms with Crippen LogP contribution in [0.15, 0.2) is 41.3 Å².